The molecule has 3 aromatic carbocycles. The minimum atomic E-state index is -0.795. The van der Waals surface area contributed by atoms with E-state index in [1.165, 1.54) is 22.3 Å². The smallest absolute Gasteiger partial charge is 0.275 e. The van der Waals surface area contributed by atoms with Crippen molar-refractivity contribution in [1.29, 1.82) is 0 Å². The van der Waals surface area contributed by atoms with Gasteiger partial charge in [-0.2, -0.15) is 0 Å². The van der Waals surface area contributed by atoms with Crippen molar-refractivity contribution in [2.45, 2.75) is 38.1 Å². The van der Waals surface area contributed by atoms with Gasteiger partial charge in [0, 0.05) is 37.2 Å². The van der Waals surface area contributed by atoms with Crippen LogP contribution in [0, 0.1) is 0 Å². The molecular weight excluding hydrogens is 402 g/mol. The highest BCUT2D eigenvalue weighted by atomic mass is 16.7. The van der Waals surface area contributed by atoms with E-state index < -0.39 is 5.79 Å². The molecule has 3 aromatic rings. The molecule has 0 saturated heterocycles. The zero-order chi connectivity index (χ0) is 21.9. The number of nitrogens with zero attached hydrogens (tertiary/aromatic N) is 1. The third-order valence-electron chi connectivity index (χ3n) is 7.10. The molecule has 0 bridgehead atoms. The lowest BCUT2D eigenvalue weighted by molar-refractivity contribution is -0.0680. The summed E-state index contributed by atoms with van der Waals surface area (Å²) in [4.78, 5) is 2.55. The molecule has 5 heteroatoms. The average molecular weight is 430 g/mol. The highest BCUT2D eigenvalue weighted by Crippen LogP contribution is 2.50. The molecule has 2 unspecified atom stereocenters. The van der Waals surface area contributed by atoms with Gasteiger partial charge >= 0.3 is 0 Å². The first-order valence-electron chi connectivity index (χ1n) is 11.2. The van der Waals surface area contributed by atoms with E-state index in [0.717, 1.165) is 54.5 Å². The lowest BCUT2D eigenvalue weighted by atomic mass is 9.83. The van der Waals surface area contributed by atoms with Gasteiger partial charge in [-0.1, -0.05) is 36.4 Å². The highest BCUT2D eigenvalue weighted by molar-refractivity contribution is 5.55. The second-order valence-corrected chi connectivity index (χ2v) is 8.89. The molecule has 32 heavy (non-hydrogen) atoms. The minimum absolute atomic E-state index is 0.321. The van der Waals surface area contributed by atoms with Gasteiger partial charge in [0.15, 0.2) is 23.0 Å². The second kappa shape index (κ2) is 7.17. The molecule has 0 N–H and O–H groups in total. The summed E-state index contributed by atoms with van der Waals surface area (Å²) in [6.45, 7) is 3.85. The molecule has 3 aliphatic rings. The van der Waals surface area contributed by atoms with Gasteiger partial charge in [-0.25, -0.2) is 0 Å². The Morgan fingerprint density at radius 1 is 0.938 bits per heavy atom. The SMILES string of the molecule is COc1ccc2c(c1OC)CN1CCc3cc4c(cc3C1C2)OC(C)(c1ccccc1)O4. The van der Waals surface area contributed by atoms with Crippen LogP contribution in [0.5, 0.6) is 23.0 Å². The fourth-order valence-corrected chi connectivity index (χ4v) is 5.46. The average Bonchev–Trinajstić information content (AvgIpc) is 3.17. The van der Waals surface area contributed by atoms with Crippen LogP contribution in [0.1, 0.15) is 40.8 Å². The quantitative estimate of drug-likeness (QED) is 0.586. The second-order valence-electron chi connectivity index (χ2n) is 8.89. The number of rotatable bonds is 3. The van der Waals surface area contributed by atoms with Gasteiger partial charge in [0.25, 0.3) is 5.79 Å². The van der Waals surface area contributed by atoms with Crippen molar-refractivity contribution in [3.05, 3.63) is 82.4 Å². The maximum absolute atomic E-state index is 6.39. The van der Waals surface area contributed by atoms with Crippen LogP contribution in [0.4, 0.5) is 0 Å². The van der Waals surface area contributed by atoms with Crippen molar-refractivity contribution in [3.8, 4) is 23.0 Å². The van der Waals surface area contributed by atoms with Crippen molar-refractivity contribution < 1.29 is 18.9 Å². The Hall–Kier alpha value is -3.18. The summed E-state index contributed by atoms with van der Waals surface area (Å²) in [5, 5.41) is 0. The summed E-state index contributed by atoms with van der Waals surface area (Å²) < 4.78 is 24.0. The first-order valence-corrected chi connectivity index (χ1v) is 11.2. The number of hydrogen-bond acceptors (Lipinski definition) is 5. The van der Waals surface area contributed by atoms with Gasteiger partial charge in [0.1, 0.15) is 0 Å². The number of fused-ring (bicyclic) bond motifs is 5. The molecule has 0 aromatic heterocycles. The predicted octanol–water partition coefficient (Wildman–Crippen LogP) is 5.00. The van der Waals surface area contributed by atoms with Gasteiger partial charge < -0.3 is 18.9 Å². The van der Waals surface area contributed by atoms with Crippen LogP contribution in [0.2, 0.25) is 0 Å². The largest absolute Gasteiger partial charge is 0.493 e. The van der Waals surface area contributed by atoms with Gasteiger partial charge in [0.2, 0.25) is 0 Å². The zero-order valence-corrected chi connectivity index (χ0v) is 18.7. The summed E-state index contributed by atoms with van der Waals surface area (Å²) in [5.74, 6) is 2.53. The summed E-state index contributed by atoms with van der Waals surface area (Å²) in [7, 11) is 3.42. The van der Waals surface area contributed by atoms with Gasteiger partial charge in [-0.05, 0) is 47.7 Å². The Balaban J connectivity index is 1.36. The fourth-order valence-electron chi connectivity index (χ4n) is 5.46. The lowest BCUT2D eigenvalue weighted by Crippen LogP contribution is -2.39. The third kappa shape index (κ3) is 2.88. The van der Waals surface area contributed by atoms with E-state index in [0.29, 0.717) is 6.04 Å². The Morgan fingerprint density at radius 3 is 2.47 bits per heavy atom. The van der Waals surface area contributed by atoms with Gasteiger partial charge in [0.05, 0.1) is 14.2 Å². The summed E-state index contributed by atoms with van der Waals surface area (Å²) in [6, 6.07) is 19.1. The number of benzene rings is 3. The van der Waals surface area contributed by atoms with Gasteiger partial charge in [-0.15, -0.1) is 0 Å². The van der Waals surface area contributed by atoms with E-state index in [1.54, 1.807) is 14.2 Å². The van der Waals surface area contributed by atoms with Crippen LogP contribution in [-0.4, -0.2) is 25.7 Å². The summed E-state index contributed by atoms with van der Waals surface area (Å²) >= 11 is 0. The standard InChI is InChI=1S/C27H27NO4/c1-27(19-7-5-4-6-8-19)31-24-14-18-11-12-28-16-21-17(9-10-23(29-2)26(21)30-3)13-22(28)20(18)15-25(24)32-27/h4-10,14-15,22H,11-13,16H2,1-3H3. The molecule has 0 amide bonds. The summed E-state index contributed by atoms with van der Waals surface area (Å²) in [5.41, 5.74) is 6.28. The van der Waals surface area contributed by atoms with E-state index in [2.05, 4.69) is 23.1 Å². The Labute approximate surface area is 188 Å². The minimum Gasteiger partial charge on any atom is -0.493 e. The fraction of sp³-hybridized carbons (Fsp3) is 0.333. The van der Waals surface area contributed by atoms with E-state index in [4.69, 9.17) is 18.9 Å². The maximum Gasteiger partial charge on any atom is 0.275 e. The van der Waals surface area contributed by atoms with Crippen molar-refractivity contribution >= 4 is 0 Å². The highest BCUT2D eigenvalue weighted by Gasteiger charge is 2.41. The van der Waals surface area contributed by atoms with E-state index >= 15 is 0 Å². The van der Waals surface area contributed by atoms with Crippen LogP contribution < -0.4 is 18.9 Å². The van der Waals surface area contributed by atoms with Crippen LogP contribution in [0.15, 0.2) is 54.6 Å². The topological polar surface area (TPSA) is 40.2 Å². The molecule has 6 rings (SSSR count). The van der Waals surface area contributed by atoms with Crippen LogP contribution in [0.3, 0.4) is 0 Å². The Kier molecular flexibility index (Phi) is 4.37. The normalized spacial score (nSPS) is 23.2. The molecule has 3 heterocycles. The molecule has 0 fully saturated rings. The molecule has 3 aliphatic heterocycles. The van der Waals surface area contributed by atoms with Crippen LogP contribution in [0.25, 0.3) is 0 Å². The Morgan fingerprint density at radius 2 is 1.72 bits per heavy atom. The molecular formula is C27H27NO4. The number of ether oxygens (including phenoxy) is 4. The predicted molar refractivity (Wildman–Crippen MR) is 122 cm³/mol. The monoisotopic (exact) mass is 429 g/mol. The van der Waals surface area contributed by atoms with E-state index in [1.807, 2.05) is 43.3 Å². The van der Waals surface area contributed by atoms with Crippen LogP contribution >= 0.6 is 0 Å². The van der Waals surface area contributed by atoms with Crippen molar-refractivity contribution in [2.24, 2.45) is 0 Å². The van der Waals surface area contributed by atoms with Gasteiger partial charge in [-0.3, -0.25) is 4.90 Å². The van der Waals surface area contributed by atoms with Crippen LogP contribution in [-0.2, 0) is 25.2 Å². The first kappa shape index (κ1) is 19.5. The summed E-state index contributed by atoms with van der Waals surface area (Å²) in [6.07, 6.45) is 1.93. The third-order valence-corrected chi connectivity index (χ3v) is 7.10. The molecule has 0 radical (unpaired) electrons. The molecule has 164 valence electrons. The lowest BCUT2D eigenvalue weighted by Gasteiger charge is -2.42. The molecule has 2 atom stereocenters. The van der Waals surface area contributed by atoms with Crippen molar-refractivity contribution in [3.63, 3.8) is 0 Å². The molecule has 0 aliphatic carbocycles. The zero-order valence-electron chi connectivity index (χ0n) is 18.7. The maximum atomic E-state index is 6.39. The van der Waals surface area contributed by atoms with Crippen molar-refractivity contribution in [2.75, 3.05) is 20.8 Å². The Bertz CT molecular complexity index is 1190. The van der Waals surface area contributed by atoms with Crippen molar-refractivity contribution in [1.82, 2.24) is 4.90 Å². The number of methoxy groups -OCH3 is 2. The molecule has 0 spiro atoms. The van der Waals surface area contributed by atoms with E-state index in [-0.39, 0.29) is 0 Å². The number of hydrogen-bond donors (Lipinski definition) is 0. The molecule has 0 saturated carbocycles. The first-order chi connectivity index (χ1) is 15.6. The molecule has 5 nitrogen and oxygen atoms in total. The van der Waals surface area contributed by atoms with E-state index in [9.17, 15) is 0 Å².